The van der Waals surface area contributed by atoms with Gasteiger partial charge in [0.25, 0.3) is 10.0 Å². The zero-order chi connectivity index (χ0) is 28.8. The van der Waals surface area contributed by atoms with Gasteiger partial charge in [-0.05, 0) is 37.0 Å². The largest absolute Gasteiger partial charge is 0.363 e. The third-order valence-electron chi connectivity index (χ3n) is 7.31. The van der Waals surface area contributed by atoms with Gasteiger partial charge in [0.05, 0.1) is 36.8 Å². The van der Waals surface area contributed by atoms with Crippen LogP contribution in [0.3, 0.4) is 0 Å². The zero-order valence-electron chi connectivity index (χ0n) is 23.2. The monoisotopic (exact) mass is 575 g/mol. The van der Waals surface area contributed by atoms with Crippen LogP contribution < -0.4 is 9.80 Å². The summed E-state index contributed by atoms with van der Waals surface area (Å²) in [7, 11) is -0.170. The van der Waals surface area contributed by atoms with Crippen LogP contribution in [-0.2, 0) is 30.7 Å². The number of rotatable bonds is 11. The van der Waals surface area contributed by atoms with Gasteiger partial charge in [-0.1, -0.05) is 0 Å². The first kappa shape index (κ1) is 28.2. The summed E-state index contributed by atoms with van der Waals surface area (Å²) in [5.74, 6) is 0.876. The fourth-order valence-corrected chi connectivity index (χ4v) is 6.40. The van der Waals surface area contributed by atoms with E-state index in [0.29, 0.717) is 31.3 Å². The molecule has 1 saturated heterocycles. The average Bonchev–Trinajstić information content (AvgIpc) is 3.63. The van der Waals surface area contributed by atoms with Gasteiger partial charge in [-0.15, -0.1) is 0 Å². The molecule has 1 aliphatic rings. The van der Waals surface area contributed by atoms with Crippen molar-refractivity contribution in [3.05, 3.63) is 73.2 Å². The molecule has 0 atom stereocenters. The molecule has 0 N–H and O–H groups in total. The summed E-state index contributed by atoms with van der Waals surface area (Å²) in [5, 5.41) is 9.23. The molecule has 0 saturated carbocycles. The molecule has 5 heterocycles. The number of piperidine rings is 1. The van der Waals surface area contributed by atoms with Crippen molar-refractivity contribution >= 4 is 21.7 Å². The maximum absolute atomic E-state index is 13.8. The standard InChI is InChI=1S/C27H33N11O2S/c1-34-19-26(33-21-34)41(39,40)38(17-22-6-10-36(11-7-22)27-30-8-3-9-31-27)13-12-37(18-25-15-29-20-35(25)2)24-5-4-23(14-28)32-16-24/h3-5,8-9,15-16,19-22H,6-7,10-13,17-18H2,1-2H3. The number of nitrogens with zero attached hydrogens (tertiary/aromatic N) is 11. The topological polar surface area (TPSA) is 142 Å². The molecule has 1 fully saturated rings. The van der Waals surface area contributed by atoms with E-state index in [2.05, 4.69) is 34.7 Å². The van der Waals surface area contributed by atoms with E-state index in [-0.39, 0.29) is 17.5 Å². The van der Waals surface area contributed by atoms with Gasteiger partial charge in [0.1, 0.15) is 11.8 Å². The molecule has 14 heteroatoms. The Morgan fingerprint density at radius 1 is 1.02 bits per heavy atom. The van der Waals surface area contributed by atoms with Crippen LogP contribution in [0.15, 0.2) is 66.9 Å². The van der Waals surface area contributed by atoms with E-state index in [1.165, 1.54) is 12.5 Å². The van der Waals surface area contributed by atoms with Gasteiger partial charge in [-0.2, -0.15) is 9.57 Å². The van der Waals surface area contributed by atoms with E-state index in [1.807, 2.05) is 23.8 Å². The second-order valence-corrected chi connectivity index (χ2v) is 12.0. The van der Waals surface area contributed by atoms with E-state index in [4.69, 9.17) is 0 Å². The number of aromatic nitrogens is 7. The van der Waals surface area contributed by atoms with Crippen molar-refractivity contribution in [1.82, 2.24) is 38.4 Å². The van der Waals surface area contributed by atoms with Gasteiger partial charge in [-0.25, -0.2) is 33.3 Å². The fraction of sp³-hybridized carbons (Fsp3) is 0.407. The summed E-state index contributed by atoms with van der Waals surface area (Å²) in [6, 6.07) is 7.34. The molecule has 0 unspecified atom stereocenters. The number of nitriles is 1. The minimum atomic E-state index is -3.84. The second-order valence-electron chi connectivity index (χ2n) is 10.2. The van der Waals surface area contributed by atoms with Crippen molar-refractivity contribution in [3.63, 3.8) is 0 Å². The van der Waals surface area contributed by atoms with Crippen LogP contribution in [0.1, 0.15) is 24.2 Å². The predicted molar refractivity (Wildman–Crippen MR) is 152 cm³/mol. The van der Waals surface area contributed by atoms with Crippen molar-refractivity contribution in [2.45, 2.75) is 24.4 Å². The molecule has 5 rings (SSSR count). The molecule has 41 heavy (non-hydrogen) atoms. The molecule has 0 aliphatic carbocycles. The normalized spacial score (nSPS) is 14.3. The Hall–Kier alpha value is -4.35. The van der Waals surface area contributed by atoms with Crippen LogP contribution in [0.5, 0.6) is 0 Å². The molecule has 13 nitrogen and oxygen atoms in total. The van der Waals surface area contributed by atoms with Crippen molar-refractivity contribution in [2.75, 3.05) is 42.5 Å². The first-order valence-electron chi connectivity index (χ1n) is 13.4. The molecular weight excluding hydrogens is 542 g/mol. The summed E-state index contributed by atoms with van der Waals surface area (Å²) in [6.45, 7) is 3.05. The zero-order valence-corrected chi connectivity index (χ0v) is 24.0. The number of hydrogen-bond donors (Lipinski definition) is 0. The Morgan fingerprint density at radius 3 is 2.41 bits per heavy atom. The summed E-state index contributed by atoms with van der Waals surface area (Å²) in [5.41, 5.74) is 2.07. The molecule has 4 aromatic rings. The van der Waals surface area contributed by atoms with Crippen LogP contribution in [0.25, 0.3) is 0 Å². The van der Waals surface area contributed by atoms with Gasteiger partial charge >= 0.3 is 0 Å². The first-order valence-corrected chi connectivity index (χ1v) is 14.8. The van der Waals surface area contributed by atoms with Crippen LogP contribution in [0.2, 0.25) is 0 Å². The van der Waals surface area contributed by atoms with Crippen LogP contribution in [0, 0.1) is 17.2 Å². The molecule has 0 bridgehead atoms. The molecule has 0 spiro atoms. The highest BCUT2D eigenvalue weighted by Gasteiger charge is 2.31. The summed E-state index contributed by atoms with van der Waals surface area (Å²) in [6.07, 6.45) is 13.3. The minimum Gasteiger partial charge on any atom is -0.363 e. The van der Waals surface area contributed by atoms with Crippen LogP contribution in [-0.4, -0.2) is 79.5 Å². The SMILES string of the molecule is Cn1cnc(S(=O)(=O)N(CCN(Cc2cncn2C)c2ccc(C#N)nc2)CC2CCN(c3ncccn3)CC2)c1. The molecule has 0 aromatic carbocycles. The number of anilines is 2. The van der Waals surface area contributed by atoms with Crippen molar-refractivity contribution in [2.24, 2.45) is 20.0 Å². The third kappa shape index (κ3) is 6.69. The molecule has 0 amide bonds. The average molecular weight is 576 g/mol. The van der Waals surface area contributed by atoms with Gasteiger partial charge < -0.3 is 18.9 Å². The van der Waals surface area contributed by atoms with E-state index in [1.54, 1.807) is 59.2 Å². The van der Waals surface area contributed by atoms with Crippen LogP contribution >= 0.6 is 0 Å². The fourth-order valence-electron chi connectivity index (χ4n) is 4.93. The lowest BCUT2D eigenvalue weighted by Gasteiger charge is -2.35. The molecule has 4 aromatic heterocycles. The van der Waals surface area contributed by atoms with E-state index in [9.17, 15) is 13.7 Å². The second kappa shape index (κ2) is 12.4. The Kier molecular flexibility index (Phi) is 8.55. The maximum atomic E-state index is 13.8. The summed E-state index contributed by atoms with van der Waals surface area (Å²) >= 11 is 0. The number of aryl methyl sites for hydroxylation is 2. The summed E-state index contributed by atoms with van der Waals surface area (Å²) in [4.78, 5) is 25.5. The van der Waals surface area contributed by atoms with Gasteiger partial charge in [0.15, 0.2) is 5.03 Å². The number of pyridine rings is 1. The van der Waals surface area contributed by atoms with Crippen LogP contribution in [0.4, 0.5) is 11.6 Å². The Balaban J connectivity index is 1.35. The van der Waals surface area contributed by atoms with Crippen molar-refractivity contribution in [3.8, 4) is 6.07 Å². The highest BCUT2D eigenvalue weighted by atomic mass is 32.2. The first-order chi connectivity index (χ1) is 19.8. The lowest BCUT2D eigenvalue weighted by Crippen LogP contribution is -2.44. The number of imidazole rings is 2. The Morgan fingerprint density at radius 2 is 1.80 bits per heavy atom. The lowest BCUT2D eigenvalue weighted by molar-refractivity contribution is 0.301. The van der Waals surface area contributed by atoms with Crippen molar-refractivity contribution in [1.29, 1.82) is 5.26 Å². The highest BCUT2D eigenvalue weighted by Crippen LogP contribution is 2.25. The van der Waals surface area contributed by atoms with Gasteiger partial charge in [0.2, 0.25) is 5.95 Å². The quantitative estimate of drug-likeness (QED) is 0.260. The van der Waals surface area contributed by atoms with Crippen molar-refractivity contribution < 1.29 is 8.42 Å². The smallest absolute Gasteiger partial charge is 0.262 e. The van der Waals surface area contributed by atoms with Gasteiger partial charge in [0, 0.05) is 71.6 Å². The molecular formula is C27H33N11O2S. The highest BCUT2D eigenvalue weighted by molar-refractivity contribution is 7.89. The Bertz CT molecular complexity index is 1570. The summed E-state index contributed by atoms with van der Waals surface area (Å²) < 4.78 is 32.8. The lowest BCUT2D eigenvalue weighted by atomic mass is 9.97. The molecule has 214 valence electrons. The van der Waals surface area contributed by atoms with E-state index in [0.717, 1.165) is 37.3 Å². The predicted octanol–water partition coefficient (Wildman–Crippen LogP) is 1.82. The number of hydrogen-bond acceptors (Lipinski definition) is 10. The van der Waals surface area contributed by atoms with E-state index < -0.39 is 10.0 Å². The Labute approximate surface area is 239 Å². The molecule has 1 aliphatic heterocycles. The number of sulfonamides is 1. The van der Waals surface area contributed by atoms with E-state index >= 15 is 0 Å². The van der Waals surface area contributed by atoms with Gasteiger partial charge in [-0.3, -0.25) is 0 Å². The minimum absolute atomic E-state index is 0.0355. The maximum Gasteiger partial charge on any atom is 0.262 e. The molecule has 0 radical (unpaired) electrons. The third-order valence-corrected chi connectivity index (χ3v) is 9.06.